The van der Waals surface area contributed by atoms with E-state index in [4.69, 9.17) is 4.74 Å². The van der Waals surface area contributed by atoms with Gasteiger partial charge in [-0.2, -0.15) is 0 Å². The molecule has 17 heavy (non-hydrogen) atoms. The molecule has 0 saturated carbocycles. The van der Waals surface area contributed by atoms with Gasteiger partial charge in [0.15, 0.2) is 0 Å². The van der Waals surface area contributed by atoms with Crippen molar-refractivity contribution in [2.24, 2.45) is 0 Å². The SMILES string of the molecule is CCCCC(=O)OC1C(=O)Nc2ccccc21. The summed E-state index contributed by atoms with van der Waals surface area (Å²) in [6, 6.07) is 7.25. The lowest BCUT2D eigenvalue weighted by Gasteiger charge is -2.10. The molecule has 0 aromatic heterocycles. The van der Waals surface area contributed by atoms with Crippen molar-refractivity contribution in [3.63, 3.8) is 0 Å². The number of benzene rings is 1. The Bertz CT molecular complexity index is 442. The number of rotatable bonds is 4. The largest absolute Gasteiger partial charge is 0.447 e. The summed E-state index contributed by atoms with van der Waals surface area (Å²) in [5, 5.41) is 2.69. The molecule has 1 unspecified atom stereocenters. The second kappa shape index (κ2) is 4.99. The fourth-order valence-corrected chi connectivity index (χ4v) is 1.81. The Labute approximate surface area is 100.0 Å². The van der Waals surface area contributed by atoms with Crippen LogP contribution in [0.25, 0.3) is 0 Å². The van der Waals surface area contributed by atoms with Crippen LogP contribution in [0.3, 0.4) is 0 Å². The number of hydrogen-bond acceptors (Lipinski definition) is 3. The summed E-state index contributed by atoms with van der Waals surface area (Å²) in [6.07, 6.45) is 1.30. The summed E-state index contributed by atoms with van der Waals surface area (Å²) in [5.74, 6) is -0.584. The van der Waals surface area contributed by atoms with E-state index < -0.39 is 6.10 Å². The number of ether oxygens (including phenoxy) is 1. The van der Waals surface area contributed by atoms with Crippen LogP contribution in [0.4, 0.5) is 5.69 Å². The van der Waals surface area contributed by atoms with Gasteiger partial charge in [0.2, 0.25) is 6.10 Å². The van der Waals surface area contributed by atoms with E-state index in [1.807, 2.05) is 19.1 Å². The summed E-state index contributed by atoms with van der Waals surface area (Å²) >= 11 is 0. The lowest BCUT2D eigenvalue weighted by atomic mass is 10.1. The number of carbonyl (C=O) groups excluding carboxylic acids is 2. The molecule has 0 radical (unpaired) electrons. The van der Waals surface area contributed by atoms with Gasteiger partial charge in [0.25, 0.3) is 5.91 Å². The molecule has 1 aliphatic heterocycles. The minimum absolute atomic E-state index is 0.268. The first kappa shape index (κ1) is 11.6. The van der Waals surface area contributed by atoms with Crippen LogP contribution in [0.15, 0.2) is 24.3 Å². The first-order valence-corrected chi connectivity index (χ1v) is 5.81. The molecule has 0 bridgehead atoms. The smallest absolute Gasteiger partial charge is 0.306 e. The molecule has 0 aliphatic carbocycles. The fraction of sp³-hybridized carbons (Fsp3) is 0.385. The molecule has 1 heterocycles. The van der Waals surface area contributed by atoms with Gasteiger partial charge in [-0.05, 0) is 12.5 Å². The van der Waals surface area contributed by atoms with Gasteiger partial charge in [-0.15, -0.1) is 0 Å². The summed E-state index contributed by atoms with van der Waals surface area (Å²) in [4.78, 5) is 23.2. The summed E-state index contributed by atoms with van der Waals surface area (Å²) in [6.45, 7) is 2.00. The highest BCUT2D eigenvalue weighted by Crippen LogP contribution is 2.33. The van der Waals surface area contributed by atoms with Crippen LogP contribution in [0.1, 0.15) is 37.9 Å². The van der Waals surface area contributed by atoms with Crippen molar-refractivity contribution in [1.82, 2.24) is 0 Å². The first-order chi connectivity index (χ1) is 8.22. The lowest BCUT2D eigenvalue weighted by molar-refractivity contribution is -0.154. The monoisotopic (exact) mass is 233 g/mol. The third kappa shape index (κ3) is 2.46. The van der Waals surface area contributed by atoms with Crippen molar-refractivity contribution in [3.8, 4) is 0 Å². The molecule has 0 fully saturated rings. The average molecular weight is 233 g/mol. The number of fused-ring (bicyclic) bond motifs is 1. The minimum atomic E-state index is -0.782. The van der Waals surface area contributed by atoms with Crippen LogP contribution in [-0.4, -0.2) is 11.9 Å². The van der Waals surface area contributed by atoms with Crippen LogP contribution < -0.4 is 5.32 Å². The third-order valence-electron chi connectivity index (χ3n) is 2.72. The van der Waals surface area contributed by atoms with E-state index in [9.17, 15) is 9.59 Å². The van der Waals surface area contributed by atoms with Crippen molar-refractivity contribution in [1.29, 1.82) is 0 Å². The quantitative estimate of drug-likeness (QED) is 0.812. The molecule has 1 N–H and O–H groups in total. The fourth-order valence-electron chi connectivity index (χ4n) is 1.81. The first-order valence-electron chi connectivity index (χ1n) is 5.81. The van der Waals surface area contributed by atoms with Gasteiger partial charge in [0, 0.05) is 17.7 Å². The Morgan fingerprint density at radius 3 is 2.94 bits per heavy atom. The Hall–Kier alpha value is -1.84. The zero-order chi connectivity index (χ0) is 12.3. The minimum Gasteiger partial charge on any atom is -0.447 e. The Morgan fingerprint density at radius 2 is 2.18 bits per heavy atom. The van der Waals surface area contributed by atoms with E-state index in [1.54, 1.807) is 12.1 Å². The van der Waals surface area contributed by atoms with E-state index in [0.717, 1.165) is 24.1 Å². The molecule has 1 aromatic rings. The molecular weight excluding hydrogens is 218 g/mol. The Kier molecular flexibility index (Phi) is 3.42. The highest BCUT2D eigenvalue weighted by molar-refractivity contribution is 6.02. The van der Waals surface area contributed by atoms with E-state index in [2.05, 4.69) is 5.32 Å². The predicted octanol–water partition coefficient (Wildman–Crippen LogP) is 2.41. The van der Waals surface area contributed by atoms with Crippen LogP contribution >= 0.6 is 0 Å². The number of nitrogens with one attached hydrogen (secondary N) is 1. The Morgan fingerprint density at radius 1 is 1.41 bits per heavy atom. The van der Waals surface area contributed by atoms with Crippen LogP contribution in [0.2, 0.25) is 0 Å². The van der Waals surface area contributed by atoms with Gasteiger partial charge >= 0.3 is 5.97 Å². The maximum absolute atomic E-state index is 11.7. The highest BCUT2D eigenvalue weighted by atomic mass is 16.5. The van der Waals surface area contributed by atoms with Crippen molar-refractivity contribution in [2.75, 3.05) is 5.32 Å². The van der Waals surface area contributed by atoms with Gasteiger partial charge in [-0.3, -0.25) is 9.59 Å². The molecule has 90 valence electrons. The molecule has 1 aromatic carbocycles. The number of esters is 1. The van der Waals surface area contributed by atoms with Gasteiger partial charge in [0.05, 0.1) is 0 Å². The molecule has 1 atom stereocenters. The van der Waals surface area contributed by atoms with Gasteiger partial charge < -0.3 is 10.1 Å². The second-order valence-corrected chi connectivity index (χ2v) is 4.05. The third-order valence-corrected chi connectivity index (χ3v) is 2.72. The molecule has 0 saturated heterocycles. The lowest BCUT2D eigenvalue weighted by Crippen LogP contribution is -2.18. The zero-order valence-electron chi connectivity index (χ0n) is 9.73. The van der Waals surface area contributed by atoms with Gasteiger partial charge in [-0.1, -0.05) is 31.5 Å². The van der Waals surface area contributed by atoms with Crippen LogP contribution in [0, 0.1) is 0 Å². The number of unbranched alkanes of at least 4 members (excludes halogenated alkanes) is 1. The summed E-state index contributed by atoms with van der Waals surface area (Å²) < 4.78 is 5.20. The summed E-state index contributed by atoms with van der Waals surface area (Å²) in [7, 11) is 0. The molecule has 4 heteroatoms. The standard InChI is InChI=1S/C13H15NO3/c1-2-3-8-11(15)17-12-9-6-4-5-7-10(9)14-13(12)16/h4-7,12H,2-3,8H2,1H3,(H,14,16). The number of anilines is 1. The molecular formula is C13H15NO3. The molecule has 0 spiro atoms. The number of carbonyl (C=O) groups is 2. The normalized spacial score (nSPS) is 17.5. The molecule has 2 rings (SSSR count). The molecule has 1 aliphatic rings. The van der Waals surface area contributed by atoms with Crippen molar-refractivity contribution < 1.29 is 14.3 Å². The van der Waals surface area contributed by atoms with Crippen LogP contribution in [-0.2, 0) is 14.3 Å². The number of hydrogen-bond donors (Lipinski definition) is 1. The van der Waals surface area contributed by atoms with Crippen molar-refractivity contribution in [3.05, 3.63) is 29.8 Å². The van der Waals surface area contributed by atoms with Crippen molar-refractivity contribution in [2.45, 2.75) is 32.3 Å². The van der Waals surface area contributed by atoms with E-state index in [-0.39, 0.29) is 11.9 Å². The maximum atomic E-state index is 11.7. The maximum Gasteiger partial charge on any atom is 0.306 e. The van der Waals surface area contributed by atoms with Crippen LogP contribution in [0.5, 0.6) is 0 Å². The predicted molar refractivity (Wildman–Crippen MR) is 63.4 cm³/mol. The second-order valence-electron chi connectivity index (χ2n) is 4.05. The molecule has 1 amide bonds. The number of para-hydroxylation sites is 1. The Balaban J connectivity index is 2.06. The van der Waals surface area contributed by atoms with Crippen molar-refractivity contribution >= 4 is 17.6 Å². The van der Waals surface area contributed by atoms with Gasteiger partial charge in [-0.25, -0.2) is 0 Å². The zero-order valence-corrected chi connectivity index (χ0v) is 9.73. The van der Waals surface area contributed by atoms with E-state index in [0.29, 0.717) is 6.42 Å². The summed E-state index contributed by atoms with van der Waals surface area (Å²) in [5.41, 5.74) is 1.47. The van der Waals surface area contributed by atoms with E-state index >= 15 is 0 Å². The van der Waals surface area contributed by atoms with E-state index in [1.165, 1.54) is 0 Å². The number of amides is 1. The molecule has 4 nitrogen and oxygen atoms in total. The highest BCUT2D eigenvalue weighted by Gasteiger charge is 2.33. The average Bonchev–Trinajstić information content (AvgIpc) is 2.64. The van der Waals surface area contributed by atoms with Gasteiger partial charge in [0.1, 0.15) is 0 Å². The topological polar surface area (TPSA) is 55.4 Å².